The summed E-state index contributed by atoms with van der Waals surface area (Å²) < 4.78 is 17.0. The molecule has 10 nitrogen and oxygen atoms in total. The molecular formula is C30H23ClN2O8. The number of hydrogen-bond acceptors (Lipinski definition) is 9. The number of nitrogens with one attached hydrogen (secondary N) is 1. The van der Waals surface area contributed by atoms with Crippen LogP contribution < -0.4 is 14.8 Å². The van der Waals surface area contributed by atoms with Crippen LogP contribution in [0.5, 0.6) is 11.5 Å². The maximum absolute atomic E-state index is 14.0. The molecule has 2 atom stereocenters. The quantitative estimate of drug-likeness (QED) is 0.140. The summed E-state index contributed by atoms with van der Waals surface area (Å²) in [5, 5.41) is 16.0. The Morgan fingerprint density at radius 2 is 1.44 bits per heavy atom. The highest BCUT2D eigenvalue weighted by molar-refractivity contribution is 6.30. The van der Waals surface area contributed by atoms with E-state index < -0.39 is 34.4 Å². The highest BCUT2D eigenvalue weighted by Crippen LogP contribution is 2.56. The molecule has 0 aromatic heterocycles. The second kappa shape index (κ2) is 10.6. The van der Waals surface area contributed by atoms with Gasteiger partial charge in [0.1, 0.15) is 11.5 Å². The van der Waals surface area contributed by atoms with E-state index in [0.717, 1.165) is 0 Å². The fourth-order valence-corrected chi connectivity index (χ4v) is 5.43. The summed E-state index contributed by atoms with van der Waals surface area (Å²) in [6.07, 6.45) is 0. The van der Waals surface area contributed by atoms with Crippen molar-refractivity contribution in [1.82, 2.24) is 5.32 Å². The van der Waals surface area contributed by atoms with Crippen LogP contribution in [0.1, 0.15) is 42.1 Å². The summed E-state index contributed by atoms with van der Waals surface area (Å²) in [6, 6.07) is 18.1. The van der Waals surface area contributed by atoms with Crippen LogP contribution in [0, 0.1) is 10.1 Å². The van der Waals surface area contributed by atoms with Crippen molar-refractivity contribution in [3.63, 3.8) is 0 Å². The molecule has 0 bridgehead atoms. The van der Waals surface area contributed by atoms with Gasteiger partial charge in [0.15, 0.2) is 5.54 Å². The van der Waals surface area contributed by atoms with Gasteiger partial charge in [0.25, 0.3) is 5.69 Å². The molecule has 5 rings (SSSR count). The number of nitro benzene ring substituents is 1. The molecule has 0 saturated carbocycles. The largest absolute Gasteiger partial charge is 0.467 e. The number of methoxy groups -OCH3 is 1. The molecule has 0 amide bonds. The lowest BCUT2D eigenvalue weighted by atomic mass is 9.81. The van der Waals surface area contributed by atoms with E-state index in [1.165, 1.54) is 45.2 Å². The van der Waals surface area contributed by atoms with Crippen LogP contribution in [0.4, 0.5) is 5.69 Å². The zero-order valence-electron chi connectivity index (χ0n) is 22.1. The minimum absolute atomic E-state index is 0.0660. The highest BCUT2D eigenvalue weighted by atomic mass is 35.5. The molecule has 0 unspecified atom stereocenters. The smallest absolute Gasteiger partial charge is 0.335 e. The number of rotatable bonds is 6. The molecule has 0 saturated heterocycles. The van der Waals surface area contributed by atoms with Gasteiger partial charge in [-0.2, -0.15) is 0 Å². The van der Waals surface area contributed by atoms with Gasteiger partial charge in [-0.05, 0) is 23.3 Å². The Hall–Kier alpha value is -4.80. The van der Waals surface area contributed by atoms with E-state index in [2.05, 4.69) is 5.32 Å². The maximum atomic E-state index is 14.0. The number of halogens is 1. The standard InChI is InChI=1S/C30H23ClN2O8/c1-16(34)40-27-22-6-4-5-7-23(22)28(41-17(2)35)25-24(27)26(18-8-14-21(15-9-18)33(37)38)32-30(25,29(36)39-3)19-10-12-20(31)13-11-19/h4-15,26,32H,1-3H3/t26-,30-/m1/s1. The van der Waals surface area contributed by atoms with Crippen LogP contribution in [0.2, 0.25) is 5.02 Å². The zero-order valence-corrected chi connectivity index (χ0v) is 22.9. The normalized spacial score (nSPS) is 17.5. The summed E-state index contributed by atoms with van der Waals surface area (Å²) in [5.74, 6) is -1.82. The van der Waals surface area contributed by atoms with Gasteiger partial charge in [0.2, 0.25) is 0 Å². The van der Waals surface area contributed by atoms with Crippen LogP contribution in [0.15, 0.2) is 72.8 Å². The van der Waals surface area contributed by atoms with E-state index in [-0.39, 0.29) is 22.7 Å². The van der Waals surface area contributed by atoms with Crippen molar-refractivity contribution in [2.24, 2.45) is 0 Å². The number of benzene rings is 4. The Bertz CT molecular complexity index is 1720. The van der Waals surface area contributed by atoms with Gasteiger partial charge in [-0.3, -0.25) is 25.0 Å². The van der Waals surface area contributed by atoms with Crippen molar-refractivity contribution < 1.29 is 33.5 Å². The van der Waals surface area contributed by atoms with Gasteiger partial charge in [-0.15, -0.1) is 0 Å². The van der Waals surface area contributed by atoms with Gasteiger partial charge < -0.3 is 14.2 Å². The first-order valence-electron chi connectivity index (χ1n) is 12.4. The third-order valence-electron chi connectivity index (χ3n) is 6.88. The summed E-state index contributed by atoms with van der Waals surface area (Å²) in [6.45, 7) is 2.48. The third-order valence-corrected chi connectivity index (χ3v) is 7.13. The Kier molecular flexibility index (Phi) is 7.20. The molecule has 4 aromatic carbocycles. The Labute approximate surface area is 238 Å². The predicted octanol–water partition coefficient (Wildman–Crippen LogP) is 5.36. The Morgan fingerprint density at radius 1 is 0.878 bits per heavy atom. The van der Waals surface area contributed by atoms with Gasteiger partial charge in [0, 0.05) is 52.9 Å². The molecule has 0 fully saturated rings. The van der Waals surface area contributed by atoms with Crippen molar-refractivity contribution in [3.8, 4) is 11.5 Å². The van der Waals surface area contributed by atoms with Crippen molar-refractivity contribution >= 4 is 46.0 Å². The van der Waals surface area contributed by atoms with Gasteiger partial charge in [-0.25, -0.2) is 4.79 Å². The van der Waals surface area contributed by atoms with Crippen LogP contribution >= 0.6 is 11.6 Å². The van der Waals surface area contributed by atoms with E-state index in [1.54, 1.807) is 48.5 Å². The molecule has 1 aliphatic heterocycles. The van der Waals surface area contributed by atoms with Crippen molar-refractivity contribution in [1.29, 1.82) is 0 Å². The van der Waals surface area contributed by atoms with Crippen LogP contribution in [-0.4, -0.2) is 29.9 Å². The SMILES string of the molecule is COC(=O)[C@]1(c2ccc(Cl)cc2)N[C@H](c2ccc([N+](=O)[O-])cc2)c2c1c(OC(C)=O)c1ccccc1c2OC(C)=O. The number of nitro groups is 1. The number of hydrogen-bond donors (Lipinski definition) is 1. The first-order chi connectivity index (χ1) is 19.6. The molecule has 0 radical (unpaired) electrons. The molecule has 0 aliphatic carbocycles. The highest BCUT2D eigenvalue weighted by Gasteiger charge is 2.56. The van der Waals surface area contributed by atoms with Gasteiger partial charge >= 0.3 is 17.9 Å². The first-order valence-corrected chi connectivity index (χ1v) is 12.8. The monoisotopic (exact) mass is 574 g/mol. The average molecular weight is 575 g/mol. The molecule has 11 heteroatoms. The lowest BCUT2D eigenvalue weighted by molar-refractivity contribution is -0.384. The van der Waals surface area contributed by atoms with Crippen molar-refractivity contribution in [2.75, 3.05) is 7.11 Å². The number of ether oxygens (including phenoxy) is 3. The van der Waals surface area contributed by atoms with Crippen LogP contribution in [0.25, 0.3) is 10.8 Å². The van der Waals surface area contributed by atoms with E-state index in [1.807, 2.05) is 0 Å². The summed E-state index contributed by atoms with van der Waals surface area (Å²) >= 11 is 6.18. The fraction of sp³-hybridized carbons (Fsp3) is 0.167. The summed E-state index contributed by atoms with van der Waals surface area (Å²) in [4.78, 5) is 49.7. The van der Waals surface area contributed by atoms with E-state index >= 15 is 0 Å². The maximum Gasteiger partial charge on any atom is 0.335 e. The molecule has 4 aromatic rings. The van der Waals surface area contributed by atoms with E-state index in [4.69, 9.17) is 25.8 Å². The molecule has 0 spiro atoms. The number of fused-ring (bicyclic) bond motifs is 2. The van der Waals surface area contributed by atoms with Gasteiger partial charge in [-0.1, -0.05) is 60.1 Å². The number of esters is 3. The van der Waals surface area contributed by atoms with E-state index in [9.17, 15) is 24.5 Å². The number of non-ortho nitro benzene ring substituents is 1. The Morgan fingerprint density at radius 3 is 1.98 bits per heavy atom. The lowest BCUT2D eigenvalue weighted by Gasteiger charge is -2.31. The fourth-order valence-electron chi connectivity index (χ4n) is 5.30. The Balaban J connectivity index is 1.98. The second-order valence-corrected chi connectivity index (χ2v) is 9.79. The van der Waals surface area contributed by atoms with Crippen molar-refractivity contribution in [2.45, 2.75) is 25.4 Å². The number of carbonyl (C=O) groups excluding carboxylic acids is 3. The zero-order chi connectivity index (χ0) is 29.5. The predicted molar refractivity (Wildman–Crippen MR) is 149 cm³/mol. The molecule has 1 N–H and O–H groups in total. The topological polar surface area (TPSA) is 134 Å². The molecular weight excluding hydrogens is 552 g/mol. The molecule has 41 heavy (non-hydrogen) atoms. The summed E-state index contributed by atoms with van der Waals surface area (Å²) in [5.41, 5.74) is -0.496. The minimum atomic E-state index is -1.79. The van der Waals surface area contributed by atoms with Crippen LogP contribution in [0.3, 0.4) is 0 Å². The molecule has 1 aliphatic rings. The molecule has 208 valence electrons. The number of carbonyl (C=O) groups is 3. The first kappa shape index (κ1) is 27.8. The second-order valence-electron chi connectivity index (χ2n) is 9.35. The third kappa shape index (κ3) is 4.66. The minimum Gasteiger partial charge on any atom is -0.467 e. The van der Waals surface area contributed by atoms with Crippen LogP contribution in [-0.2, 0) is 24.7 Å². The van der Waals surface area contributed by atoms with Crippen molar-refractivity contribution in [3.05, 3.63) is 110 Å². The average Bonchev–Trinajstić information content (AvgIpc) is 3.31. The number of nitrogens with zero attached hydrogens (tertiary/aromatic N) is 1. The molecule has 1 heterocycles. The van der Waals surface area contributed by atoms with E-state index in [0.29, 0.717) is 32.5 Å². The summed E-state index contributed by atoms with van der Waals surface area (Å²) in [7, 11) is 1.22. The lowest BCUT2D eigenvalue weighted by Crippen LogP contribution is -2.48. The van der Waals surface area contributed by atoms with Gasteiger partial charge in [0.05, 0.1) is 18.1 Å².